The summed E-state index contributed by atoms with van der Waals surface area (Å²) >= 11 is 6.61. The fourth-order valence-corrected chi connectivity index (χ4v) is 8.10. The molecule has 3 fully saturated rings. The van der Waals surface area contributed by atoms with Gasteiger partial charge in [-0.05, 0) is 43.3 Å². The van der Waals surface area contributed by atoms with E-state index in [9.17, 15) is 13.6 Å². The summed E-state index contributed by atoms with van der Waals surface area (Å²) in [6.07, 6.45) is 8.18. The number of hydrogen-bond acceptors (Lipinski definition) is 9. The van der Waals surface area contributed by atoms with Crippen LogP contribution in [-0.2, 0) is 4.79 Å². The lowest BCUT2D eigenvalue weighted by atomic mass is 9.95. The number of nitrogens with zero attached hydrogens (tertiary/aromatic N) is 8. The standard InChI is InChI=1S/C37H34ClF3N8O2/c1-47(24-11-14-48(19-24)30(50)10-9-29-28(40)17-42-21-44-29)35-26-16-43-33(25-7-2-5-22-6-3-8-27(38)31(22)25)32(41)34(26)45-36(46-35)51-20-37-12-4-13-49(37)18-23(39)15-37/h2-3,5-10,16-17,21,23-24H,4,11-15,18-20H2,1H3/b10-9+/t23-,24-,37?/m1/s1. The van der Waals surface area contributed by atoms with Crippen molar-refractivity contribution in [1.82, 2.24) is 34.7 Å². The van der Waals surface area contributed by atoms with Crippen LogP contribution < -0.4 is 9.64 Å². The lowest BCUT2D eigenvalue weighted by Crippen LogP contribution is -2.43. The fraction of sp³-hybridized carbons (Fsp3) is 0.351. The van der Waals surface area contributed by atoms with Gasteiger partial charge in [0.05, 0.1) is 17.1 Å². The van der Waals surface area contributed by atoms with Gasteiger partial charge in [0.2, 0.25) is 5.91 Å². The molecule has 1 amide bonds. The third-order valence-corrected chi connectivity index (χ3v) is 10.7. The van der Waals surface area contributed by atoms with Crippen molar-refractivity contribution in [3.8, 4) is 17.3 Å². The Balaban J connectivity index is 1.14. The molecule has 3 aromatic heterocycles. The SMILES string of the molecule is CN(c1nc(OCC23CCCN2C[C@H](F)C3)nc2c(F)c(-c3cccc4cccc(Cl)c34)ncc12)[C@@H]1CCN(C(=O)/C=C/c2ncncc2F)C1. The molecule has 5 aromatic rings. The topological polar surface area (TPSA) is 100 Å². The first-order valence-electron chi connectivity index (χ1n) is 16.9. The molecule has 10 nitrogen and oxygen atoms in total. The number of hydrogen-bond donors (Lipinski definition) is 0. The summed E-state index contributed by atoms with van der Waals surface area (Å²) in [5.41, 5.74) is 0.187. The molecule has 262 valence electrons. The summed E-state index contributed by atoms with van der Waals surface area (Å²) in [5.74, 6) is -1.19. The van der Waals surface area contributed by atoms with E-state index < -0.39 is 23.3 Å². The summed E-state index contributed by atoms with van der Waals surface area (Å²) in [6.45, 7) is 2.12. The normalized spacial score (nSPS) is 22.0. The molecule has 14 heteroatoms. The van der Waals surface area contributed by atoms with Gasteiger partial charge in [0, 0.05) is 67.4 Å². The molecule has 1 unspecified atom stereocenters. The van der Waals surface area contributed by atoms with Gasteiger partial charge in [-0.3, -0.25) is 14.7 Å². The van der Waals surface area contributed by atoms with Crippen molar-refractivity contribution in [2.45, 2.75) is 43.4 Å². The number of benzene rings is 2. The molecule has 6 heterocycles. The van der Waals surface area contributed by atoms with E-state index in [1.165, 1.54) is 18.5 Å². The number of pyridine rings is 1. The minimum absolute atomic E-state index is 0.0192. The van der Waals surface area contributed by atoms with Crippen molar-refractivity contribution in [3.63, 3.8) is 0 Å². The van der Waals surface area contributed by atoms with Crippen LogP contribution in [-0.4, -0.2) is 98.2 Å². The molecule has 0 saturated carbocycles. The predicted octanol–water partition coefficient (Wildman–Crippen LogP) is 6.27. The van der Waals surface area contributed by atoms with Crippen LogP contribution in [0.2, 0.25) is 5.02 Å². The first-order chi connectivity index (χ1) is 24.7. The first kappa shape index (κ1) is 33.3. The number of carbonyl (C=O) groups is 1. The monoisotopic (exact) mass is 714 g/mol. The van der Waals surface area contributed by atoms with Crippen molar-refractivity contribution < 1.29 is 22.7 Å². The minimum atomic E-state index is -0.936. The van der Waals surface area contributed by atoms with E-state index in [1.807, 2.05) is 36.2 Å². The Morgan fingerprint density at radius 1 is 1.12 bits per heavy atom. The zero-order valence-corrected chi connectivity index (χ0v) is 28.5. The molecule has 8 rings (SSSR count). The highest BCUT2D eigenvalue weighted by molar-refractivity contribution is 6.36. The number of likely N-dealkylation sites (N-methyl/N-ethyl adjacent to an activating group) is 1. The van der Waals surface area contributed by atoms with E-state index in [1.54, 1.807) is 23.2 Å². The summed E-state index contributed by atoms with van der Waals surface area (Å²) in [5, 5.41) is 2.35. The van der Waals surface area contributed by atoms with Crippen LogP contribution in [0.25, 0.3) is 39.0 Å². The van der Waals surface area contributed by atoms with Crippen molar-refractivity contribution >= 4 is 51.1 Å². The largest absolute Gasteiger partial charge is 0.461 e. The number of fused-ring (bicyclic) bond motifs is 3. The highest BCUT2D eigenvalue weighted by Gasteiger charge is 2.49. The van der Waals surface area contributed by atoms with Gasteiger partial charge < -0.3 is 14.5 Å². The van der Waals surface area contributed by atoms with Crippen LogP contribution >= 0.6 is 11.6 Å². The average Bonchev–Trinajstić information content (AvgIpc) is 3.85. The number of ether oxygens (including phenoxy) is 1. The molecule has 3 atom stereocenters. The molecule has 3 aliphatic rings. The molecular formula is C37H34ClF3N8O2. The van der Waals surface area contributed by atoms with E-state index in [0.717, 1.165) is 31.0 Å². The lowest BCUT2D eigenvalue weighted by molar-refractivity contribution is -0.124. The Morgan fingerprint density at radius 2 is 1.96 bits per heavy atom. The highest BCUT2D eigenvalue weighted by Crippen LogP contribution is 2.41. The molecule has 3 saturated heterocycles. The van der Waals surface area contributed by atoms with Gasteiger partial charge >= 0.3 is 6.01 Å². The summed E-state index contributed by atoms with van der Waals surface area (Å²) in [6, 6.07) is 10.8. The highest BCUT2D eigenvalue weighted by atomic mass is 35.5. The number of amides is 1. The first-order valence-corrected chi connectivity index (χ1v) is 17.3. The lowest BCUT2D eigenvalue weighted by Gasteiger charge is -2.31. The maximum absolute atomic E-state index is 16.8. The molecule has 0 N–H and O–H groups in total. The van der Waals surface area contributed by atoms with Gasteiger partial charge in [-0.25, -0.2) is 23.1 Å². The molecule has 51 heavy (non-hydrogen) atoms. The van der Waals surface area contributed by atoms with E-state index in [2.05, 4.69) is 24.8 Å². The van der Waals surface area contributed by atoms with Gasteiger partial charge in [-0.2, -0.15) is 9.97 Å². The minimum Gasteiger partial charge on any atom is -0.461 e. The molecule has 0 radical (unpaired) electrons. The van der Waals surface area contributed by atoms with E-state index in [0.29, 0.717) is 59.7 Å². The maximum Gasteiger partial charge on any atom is 0.319 e. The Morgan fingerprint density at radius 3 is 2.80 bits per heavy atom. The van der Waals surface area contributed by atoms with Crippen molar-refractivity contribution in [2.75, 3.05) is 44.7 Å². The predicted molar refractivity (Wildman–Crippen MR) is 188 cm³/mol. The van der Waals surface area contributed by atoms with Crippen molar-refractivity contribution in [2.24, 2.45) is 0 Å². The van der Waals surface area contributed by atoms with Crippen LogP contribution in [0.3, 0.4) is 0 Å². The second kappa shape index (κ2) is 13.3. The zero-order chi connectivity index (χ0) is 35.3. The molecule has 2 aromatic carbocycles. The van der Waals surface area contributed by atoms with E-state index in [-0.39, 0.29) is 41.5 Å². The van der Waals surface area contributed by atoms with Crippen LogP contribution in [0.1, 0.15) is 31.4 Å². The van der Waals surface area contributed by atoms with Gasteiger partial charge in [-0.15, -0.1) is 0 Å². The Bertz CT molecular complexity index is 2180. The number of rotatable bonds is 8. The van der Waals surface area contributed by atoms with Crippen LogP contribution in [0.15, 0.2) is 61.2 Å². The van der Waals surface area contributed by atoms with Crippen molar-refractivity contribution in [1.29, 1.82) is 0 Å². The number of halogens is 4. The van der Waals surface area contributed by atoms with Gasteiger partial charge in [-0.1, -0.05) is 41.9 Å². The third kappa shape index (κ3) is 6.12. The fourth-order valence-electron chi connectivity index (χ4n) is 7.81. The van der Waals surface area contributed by atoms with E-state index >= 15 is 4.39 Å². The van der Waals surface area contributed by atoms with Gasteiger partial charge in [0.25, 0.3) is 0 Å². The van der Waals surface area contributed by atoms with Gasteiger partial charge in [0.1, 0.15) is 41.8 Å². The zero-order valence-electron chi connectivity index (χ0n) is 27.8. The number of likely N-dealkylation sites (tertiary alicyclic amines) is 1. The summed E-state index contributed by atoms with van der Waals surface area (Å²) in [7, 11) is 1.83. The molecule has 3 aliphatic heterocycles. The second-order valence-corrected chi connectivity index (χ2v) is 13.9. The Labute approximate surface area is 296 Å². The Hall–Kier alpha value is -4.88. The van der Waals surface area contributed by atoms with Crippen LogP contribution in [0.5, 0.6) is 6.01 Å². The number of carbonyl (C=O) groups excluding carboxylic acids is 1. The van der Waals surface area contributed by atoms with E-state index in [4.69, 9.17) is 21.3 Å². The summed E-state index contributed by atoms with van der Waals surface area (Å²) in [4.78, 5) is 40.2. The maximum atomic E-state index is 16.8. The Kier molecular flexibility index (Phi) is 8.71. The summed E-state index contributed by atoms with van der Waals surface area (Å²) < 4.78 is 51.6. The molecule has 0 bridgehead atoms. The number of alkyl halides is 1. The van der Waals surface area contributed by atoms with Crippen LogP contribution in [0, 0.1) is 11.6 Å². The molecule has 0 aliphatic carbocycles. The second-order valence-electron chi connectivity index (χ2n) is 13.4. The smallest absolute Gasteiger partial charge is 0.319 e. The van der Waals surface area contributed by atoms with Crippen LogP contribution in [0.4, 0.5) is 19.0 Å². The third-order valence-electron chi connectivity index (χ3n) is 10.4. The van der Waals surface area contributed by atoms with Crippen molar-refractivity contribution in [3.05, 3.63) is 83.5 Å². The number of aromatic nitrogens is 5. The molecular weight excluding hydrogens is 681 g/mol. The van der Waals surface area contributed by atoms with Gasteiger partial charge in [0.15, 0.2) is 11.6 Å². The average molecular weight is 715 g/mol. The molecule has 0 spiro atoms. The quantitative estimate of drug-likeness (QED) is 0.172. The number of anilines is 1.